The molecule has 0 amide bonds. The molecule has 62 valence electrons. The smallest absolute Gasteiger partial charge is 0.282 e. The fraction of sp³-hybridized carbons (Fsp3) is 0.143. The zero-order valence-corrected chi connectivity index (χ0v) is 7.00. The van der Waals surface area contributed by atoms with Crippen LogP contribution in [-0.4, -0.2) is 13.0 Å². The van der Waals surface area contributed by atoms with Gasteiger partial charge in [0.2, 0.25) is 0 Å². The van der Waals surface area contributed by atoms with Gasteiger partial charge in [0.15, 0.2) is 0 Å². The molecule has 0 unspecified atom stereocenters. The van der Waals surface area contributed by atoms with E-state index in [2.05, 4.69) is 6.58 Å². The summed E-state index contributed by atoms with van der Waals surface area (Å²) >= 11 is 0. The van der Waals surface area contributed by atoms with Crippen molar-refractivity contribution < 1.29 is 13.0 Å². The van der Waals surface area contributed by atoms with Crippen LogP contribution in [0.15, 0.2) is 35.8 Å². The molecule has 0 bridgehead atoms. The molecule has 0 aliphatic carbocycles. The highest BCUT2D eigenvalue weighted by Gasteiger charge is 2.07. The highest BCUT2D eigenvalue weighted by Crippen LogP contribution is 2.04. The van der Waals surface area contributed by atoms with E-state index in [0.29, 0.717) is 0 Å². The Balaban J connectivity index is 4.84. The van der Waals surface area contributed by atoms with E-state index in [0.717, 1.165) is 6.08 Å². The molecule has 0 heterocycles. The molecule has 0 spiro atoms. The van der Waals surface area contributed by atoms with E-state index in [9.17, 15) is 8.42 Å². The molecule has 0 saturated heterocycles. The Hall–Kier alpha value is -0.870. The van der Waals surface area contributed by atoms with Crippen LogP contribution in [0, 0.1) is 0 Å². The summed E-state index contributed by atoms with van der Waals surface area (Å²) in [4.78, 5) is -0.199. The SMILES string of the molecule is C=C/C(=C/C=C\C)S(=O)(=O)O. The van der Waals surface area contributed by atoms with Crippen molar-refractivity contribution in [2.45, 2.75) is 6.92 Å². The molecule has 0 fully saturated rings. The number of hydrogen-bond acceptors (Lipinski definition) is 2. The first-order chi connectivity index (χ1) is 5.02. The largest absolute Gasteiger partial charge is 0.294 e. The van der Waals surface area contributed by atoms with Crippen molar-refractivity contribution in [3.05, 3.63) is 35.8 Å². The van der Waals surface area contributed by atoms with Crippen LogP contribution in [0.3, 0.4) is 0 Å². The van der Waals surface area contributed by atoms with Gasteiger partial charge in [0.1, 0.15) is 0 Å². The number of allylic oxidation sites excluding steroid dienone is 4. The normalized spacial score (nSPS) is 13.8. The van der Waals surface area contributed by atoms with E-state index in [1.807, 2.05) is 0 Å². The molecule has 1 N–H and O–H groups in total. The number of hydrogen-bond donors (Lipinski definition) is 1. The van der Waals surface area contributed by atoms with Crippen LogP contribution in [0.25, 0.3) is 0 Å². The highest BCUT2D eigenvalue weighted by molar-refractivity contribution is 7.90. The van der Waals surface area contributed by atoms with Crippen LogP contribution in [-0.2, 0) is 10.1 Å². The van der Waals surface area contributed by atoms with Crippen molar-refractivity contribution in [2.24, 2.45) is 0 Å². The van der Waals surface area contributed by atoms with Crippen molar-refractivity contribution in [1.82, 2.24) is 0 Å². The van der Waals surface area contributed by atoms with Gasteiger partial charge in [-0.15, -0.1) is 0 Å². The molecular formula is C7H10O3S. The van der Waals surface area contributed by atoms with E-state index in [1.165, 1.54) is 12.2 Å². The van der Waals surface area contributed by atoms with Gasteiger partial charge in [-0.2, -0.15) is 8.42 Å². The van der Waals surface area contributed by atoms with Crippen molar-refractivity contribution >= 4 is 10.1 Å². The third-order valence-electron chi connectivity index (χ3n) is 0.952. The Kier molecular flexibility index (Phi) is 3.78. The highest BCUT2D eigenvalue weighted by atomic mass is 32.2. The van der Waals surface area contributed by atoms with Crippen LogP contribution in [0.5, 0.6) is 0 Å². The Morgan fingerprint density at radius 3 is 2.36 bits per heavy atom. The zero-order chi connectivity index (χ0) is 8.91. The second-order valence-electron chi connectivity index (χ2n) is 1.77. The fourth-order valence-electron chi connectivity index (χ4n) is 0.450. The van der Waals surface area contributed by atoms with Crippen LogP contribution < -0.4 is 0 Å². The Bertz CT molecular complexity index is 283. The first-order valence-corrected chi connectivity index (χ1v) is 4.39. The molecule has 11 heavy (non-hydrogen) atoms. The lowest BCUT2D eigenvalue weighted by atomic mass is 10.4. The lowest BCUT2D eigenvalue weighted by Gasteiger charge is -1.92. The maximum atomic E-state index is 10.5. The molecule has 4 heteroatoms. The van der Waals surface area contributed by atoms with Gasteiger partial charge >= 0.3 is 0 Å². The molecule has 3 nitrogen and oxygen atoms in total. The zero-order valence-electron chi connectivity index (χ0n) is 6.19. The maximum absolute atomic E-state index is 10.5. The molecule has 0 aromatic carbocycles. The van der Waals surface area contributed by atoms with Gasteiger partial charge in [0, 0.05) is 0 Å². The molecule has 0 aromatic rings. The van der Waals surface area contributed by atoms with E-state index < -0.39 is 10.1 Å². The van der Waals surface area contributed by atoms with Crippen LogP contribution in [0.2, 0.25) is 0 Å². The molecule has 0 saturated carbocycles. The summed E-state index contributed by atoms with van der Waals surface area (Å²) in [7, 11) is -4.10. The maximum Gasteiger partial charge on any atom is 0.294 e. The first-order valence-electron chi connectivity index (χ1n) is 2.95. The quantitative estimate of drug-likeness (QED) is 0.521. The van der Waals surface area contributed by atoms with E-state index >= 15 is 0 Å². The molecule has 0 aliphatic heterocycles. The van der Waals surface area contributed by atoms with Gasteiger partial charge in [-0.1, -0.05) is 18.7 Å². The lowest BCUT2D eigenvalue weighted by Crippen LogP contribution is -1.98. The Labute approximate surface area is 66.5 Å². The van der Waals surface area contributed by atoms with Gasteiger partial charge in [-0.25, -0.2) is 0 Å². The second-order valence-corrected chi connectivity index (χ2v) is 3.20. The summed E-state index contributed by atoms with van der Waals surface area (Å²) < 4.78 is 29.4. The topological polar surface area (TPSA) is 54.4 Å². The van der Waals surface area contributed by atoms with Gasteiger partial charge in [-0.05, 0) is 19.1 Å². The molecule has 0 atom stereocenters. The summed E-state index contributed by atoms with van der Waals surface area (Å²) in [5.41, 5.74) is 0. The van der Waals surface area contributed by atoms with E-state index in [1.54, 1.807) is 13.0 Å². The van der Waals surface area contributed by atoms with Crippen molar-refractivity contribution in [3.63, 3.8) is 0 Å². The van der Waals surface area contributed by atoms with Crippen molar-refractivity contribution in [1.29, 1.82) is 0 Å². The van der Waals surface area contributed by atoms with Crippen LogP contribution >= 0.6 is 0 Å². The summed E-state index contributed by atoms with van der Waals surface area (Å²) in [6, 6.07) is 0. The van der Waals surface area contributed by atoms with Gasteiger partial charge < -0.3 is 0 Å². The van der Waals surface area contributed by atoms with Crippen LogP contribution in [0.1, 0.15) is 6.92 Å². The molecule has 0 aromatic heterocycles. The van der Waals surface area contributed by atoms with Gasteiger partial charge in [0.25, 0.3) is 10.1 Å². The van der Waals surface area contributed by atoms with E-state index in [4.69, 9.17) is 4.55 Å². The van der Waals surface area contributed by atoms with Gasteiger partial charge in [0.05, 0.1) is 4.91 Å². The third kappa shape index (κ3) is 3.75. The monoisotopic (exact) mass is 174 g/mol. The predicted octanol–water partition coefficient (Wildman–Crippen LogP) is 1.52. The standard InChI is InChI=1S/C7H10O3S/c1-3-5-6-7(4-2)11(8,9)10/h3-6H,2H2,1H3,(H,8,9,10)/b5-3-,7-6-. The second kappa shape index (κ2) is 4.10. The van der Waals surface area contributed by atoms with Gasteiger partial charge in [-0.3, -0.25) is 4.55 Å². The Morgan fingerprint density at radius 2 is 2.09 bits per heavy atom. The van der Waals surface area contributed by atoms with Crippen molar-refractivity contribution in [2.75, 3.05) is 0 Å². The minimum atomic E-state index is -4.10. The molecule has 0 rings (SSSR count). The Morgan fingerprint density at radius 1 is 1.55 bits per heavy atom. The minimum Gasteiger partial charge on any atom is -0.282 e. The summed E-state index contributed by atoms with van der Waals surface area (Å²) in [6.07, 6.45) is 5.50. The van der Waals surface area contributed by atoms with Crippen LogP contribution in [0.4, 0.5) is 0 Å². The van der Waals surface area contributed by atoms with E-state index in [-0.39, 0.29) is 4.91 Å². The minimum absolute atomic E-state index is 0.199. The molecule has 0 aliphatic rings. The molecular weight excluding hydrogens is 164 g/mol. The third-order valence-corrected chi connectivity index (χ3v) is 1.85. The first kappa shape index (κ1) is 10.1. The predicted molar refractivity (Wildman–Crippen MR) is 44.6 cm³/mol. The summed E-state index contributed by atoms with van der Waals surface area (Å²) in [6.45, 7) is 4.98. The molecule has 0 radical (unpaired) electrons. The average Bonchev–Trinajstić information content (AvgIpc) is 1.87. The van der Waals surface area contributed by atoms with Crippen molar-refractivity contribution in [3.8, 4) is 0 Å². The number of rotatable bonds is 3. The lowest BCUT2D eigenvalue weighted by molar-refractivity contribution is 0.492. The fourth-order valence-corrected chi connectivity index (χ4v) is 0.912. The summed E-state index contributed by atoms with van der Waals surface area (Å²) in [5.74, 6) is 0. The average molecular weight is 174 g/mol. The summed E-state index contributed by atoms with van der Waals surface area (Å²) in [5, 5.41) is 0.